The number of carbonyl (C=O) groups excluding carboxylic acids is 1. The summed E-state index contributed by atoms with van der Waals surface area (Å²) in [4.78, 5) is 18.8. The minimum absolute atomic E-state index is 0.000614. The molecule has 3 rings (SSSR count). The zero-order valence-electron chi connectivity index (χ0n) is 14.7. The number of benzene rings is 1. The smallest absolute Gasteiger partial charge is 0.234 e. The van der Waals surface area contributed by atoms with E-state index in [-0.39, 0.29) is 11.9 Å². The van der Waals surface area contributed by atoms with E-state index in [0.717, 1.165) is 30.5 Å². The first-order chi connectivity index (χ1) is 12.2. The van der Waals surface area contributed by atoms with E-state index >= 15 is 0 Å². The molecule has 1 amide bonds. The molecule has 0 saturated carbocycles. The SMILES string of the molecule is COCc1ccccc1CNC(=O)CN1CCC[C@@H]1c1noc(C)n1. The fourth-order valence-corrected chi connectivity index (χ4v) is 3.22. The highest BCUT2D eigenvalue weighted by atomic mass is 16.5. The maximum Gasteiger partial charge on any atom is 0.234 e. The second kappa shape index (κ2) is 8.22. The molecule has 1 aromatic carbocycles. The number of aromatic nitrogens is 2. The third-order valence-electron chi connectivity index (χ3n) is 4.45. The van der Waals surface area contributed by atoms with Gasteiger partial charge in [0.15, 0.2) is 5.82 Å². The van der Waals surface area contributed by atoms with Crippen molar-refractivity contribution in [2.45, 2.75) is 39.0 Å². The Hall–Kier alpha value is -2.25. The van der Waals surface area contributed by atoms with Crippen LogP contribution in [0.4, 0.5) is 0 Å². The van der Waals surface area contributed by atoms with Gasteiger partial charge in [0.25, 0.3) is 0 Å². The number of carbonyl (C=O) groups is 1. The molecule has 1 aliphatic heterocycles. The van der Waals surface area contributed by atoms with E-state index in [9.17, 15) is 4.79 Å². The Balaban J connectivity index is 1.55. The first-order valence-electron chi connectivity index (χ1n) is 8.54. The lowest BCUT2D eigenvalue weighted by atomic mass is 10.1. The molecule has 134 valence electrons. The van der Waals surface area contributed by atoms with E-state index in [2.05, 4.69) is 20.4 Å². The van der Waals surface area contributed by atoms with Crippen molar-refractivity contribution >= 4 is 5.91 Å². The zero-order valence-corrected chi connectivity index (χ0v) is 14.7. The van der Waals surface area contributed by atoms with Crippen LogP contribution in [0.25, 0.3) is 0 Å². The van der Waals surface area contributed by atoms with Crippen LogP contribution in [0.5, 0.6) is 0 Å². The van der Waals surface area contributed by atoms with E-state index in [1.165, 1.54) is 0 Å². The van der Waals surface area contributed by atoms with Crippen molar-refractivity contribution in [1.29, 1.82) is 0 Å². The van der Waals surface area contributed by atoms with Gasteiger partial charge in [0.2, 0.25) is 11.8 Å². The minimum Gasteiger partial charge on any atom is -0.380 e. The molecule has 0 spiro atoms. The van der Waals surface area contributed by atoms with Gasteiger partial charge >= 0.3 is 0 Å². The van der Waals surface area contributed by atoms with E-state index in [1.807, 2.05) is 24.3 Å². The summed E-state index contributed by atoms with van der Waals surface area (Å²) < 4.78 is 10.3. The molecule has 1 aliphatic rings. The zero-order chi connectivity index (χ0) is 17.6. The van der Waals surface area contributed by atoms with Gasteiger partial charge in [-0.15, -0.1) is 0 Å². The Morgan fingerprint density at radius 1 is 1.40 bits per heavy atom. The molecular formula is C18H24N4O3. The van der Waals surface area contributed by atoms with Crippen molar-refractivity contribution in [3.8, 4) is 0 Å². The third kappa shape index (κ3) is 4.43. The summed E-state index contributed by atoms with van der Waals surface area (Å²) in [6.07, 6.45) is 1.98. The predicted octanol–water partition coefficient (Wildman–Crippen LogP) is 1.98. The summed E-state index contributed by atoms with van der Waals surface area (Å²) in [5.74, 6) is 1.23. The molecule has 1 N–H and O–H groups in total. The second-order valence-electron chi connectivity index (χ2n) is 6.28. The number of ether oxygens (including phenoxy) is 1. The lowest BCUT2D eigenvalue weighted by molar-refractivity contribution is -0.122. The van der Waals surface area contributed by atoms with Gasteiger partial charge in [0.05, 0.1) is 19.2 Å². The van der Waals surface area contributed by atoms with Crippen LogP contribution in [0, 0.1) is 6.92 Å². The monoisotopic (exact) mass is 344 g/mol. The number of rotatable bonds is 7. The van der Waals surface area contributed by atoms with Crippen LogP contribution in [0.3, 0.4) is 0 Å². The Morgan fingerprint density at radius 3 is 2.92 bits per heavy atom. The van der Waals surface area contributed by atoms with Crippen molar-refractivity contribution in [2.75, 3.05) is 20.2 Å². The van der Waals surface area contributed by atoms with Crippen LogP contribution < -0.4 is 5.32 Å². The Bertz CT molecular complexity index is 716. The van der Waals surface area contributed by atoms with Crippen LogP contribution in [0.1, 0.15) is 41.7 Å². The summed E-state index contributed by atoms with van der Waals surface area (Å²) in [5.41, 5.74) is 2.16. The van der Waals surface area contributed by atoms with Gasteiger partial charge in [-0.3, -0.25) is 9.69 Å². The topological polar surface area (TPSA) is 80.5 Å². The highest BCUT2D eigenvalue weighted by Crippen LogP contribution is 2.29. The average Bonchev–Trinajstić information content (AvgIpc) is 3.23. The molecule has 0 bridgehead atoms. The summed E-state index contributed by atoms with van der Waals surface area (Å²) in [5, 5.41) is 7.01. The lowest BCUT2D eigenvalue weighted by Crippen LogP contribution is -2.37. The number of nitrogens with zero attached hydrogens (tertiary/aromatic N) is 3. The highest BCUT2D eigenvalue weighted by Gasteiger charge is 2.30. The molecule has 0 radical (unpaired) electrons. The molecule has 0 aliphatic carbocycles. The molecule has 7 nitrogen and oxygen atoms in total. The molecule has 0 unspecified atom stereocenters. The van der Waals surface area contributed by atoms with Crippen LogP contribution in [-0.2, 0) is 22.7 Å². The van der Waals surface area contributed by atoms with Gasteiger partial charge in [0.1, 0.15) is 0 Å². The molecule has 2 aromatic rings. The quantitative estimate of drug-likeness (QED) is 0.827. The fourth-order valence-electron chi connectivity index (χ4n) is 3.22. The van der Waals surface area contributed by atoms with Gasteiger partial charge < -0.3 is 14.6 Å². The largest absolute Gasteiger partial charge is 0.380 e. The normalized spacial score (nSPS) is 17.8. The number of likely N-dealkylation sites (tertiary alicyclic amines) is 1. The summed E-state index contributed by atoms with van der Waals surface area (Å²) in [6, 6.07) is 8.02. The Morgan fingerprint density at radius 2 is 2.20 bits per heavy atom. The molecule has 2 heterocycles. The van der Waals surface area contributed by atoms with Crippen molar-refractivity contribution in [3.05, 3.63) is 47.1 Å². The maximum absolute atomic E-state index is 12.4. The molecule has 1 fully saturated rings. The van der Waals surface area contributed by atoms with Crippen LogP contribution in [0.2, 0.25) is 0 Å². The average molecular weight is 344 g/mol. The lowest BCUT2D eigenvalue weighted by Gasteiger charge is -2.21. The van der Waals surface area contributed by atoms with Crippen LogP contribution >= 0.6 is 0 Å². The predicted molar refractivity (Wildman–Crippen MR) is 91.6 cm³/mol. The fraction of sp³-hybridized carbons (Fsp3) is 0.500. The Kier molecular flexibility index (Phi) is 5.78. The first kappa shape index (κ1) is 17.6. The van der Waals surface area contributed by atoms with E-state index in [1.54, 1.807) is 14.0 Å². The van der Waals surface area contributed by atoms with E-state index in [0.29, 0.717) is 31.4 Å². The van der Waals surface area contributed by atoms with E-state index in [4.69, 9.17) is 9.26 Å². The number of nitrogens with one attached hydrogen (secondary N) is 1. The van der Waals surface area contributed by atoms with Gasteiger partial charge in [-0.25, -0.2) is 0 Å². The maximum atomic E-state index is 12.4. The summed E-state index contributed by atoms with van der Waals surface area (Å²) >= 11 is 0. The van der Waals surface area contributed by atoms with Gasteiger partial charge in [-0.1, -0.05) is 29.4 Å². The first-order valence-corrected chi connectivity index (χ1v) is 8.54. The molecular weight excluding hydrogens is 320 g/mol. The van der Waals surface area contributed by atoms with Crippen molar-refractivity contribution in [2.24, 2.45) is 0 Å². The molecule has 25 heavy (non-hydrogen) atoms. The van der Waals surface area contributed by atoms with E-state index < -0.39 is 0 Å². The second-order valence-corrected chi connectivity index (χ2v) is 6.28. The van der Waals surface area contributed by atoms with Gasteiger partial charge in [0, 0.05) is 20.6 Å². The van der Waals surface area contributed by atoms with Crippen molar-refractivity contribution in [3.63, 3.8) is 0 Å². The van der Waals surface area contributed by atoms with Crippen LogP contribution in [-0.4, -0.2) is 41.1 Å². The number of hydrogen-bond donors (Lipinski definition) is 1. The molecule has 1 saturated heterocycles. The number of aryl methyl sites for hydroxylation is 1. The third-order valence-corrected chi connectivity index (χ3v) is 4.45. The highest BCUT2D eigenvalue weighted by molar-refractivity contribution is 5.78. The molecule has 1 aromatic heterocycles. The van der Waals surface area contributed by atoms with Crippen molar-refractivity contribution < 1.29 is 14.1 Å². The summed E-state index contributed by atoms with van der Waals surface area (Å²) in [7, 11) is 1.67. The van der Waals surface area contributed by atoms with Gasteiger partial charge in [-0.2, -0.15) is 4.98 Å². The number of amides is 1. The Labute approximate surface area is 147 Å². The minimum atomic E-state index is -0.000614. The summed E-state index contributed by atoms with van der Waals surface area (Å²) in [6.45, 7) is 4.02. The van der Waals surface area contributed by atoms with Crippen LogP contribution in [0.15, 0.2) is 28.8 Å². The standard InChI is InChI=1S/C18H24N4O3/c1-13-20-18(21-25-13)16-8-5-9-22(16)11-17(23)19-10-14-6-3-4-7-15(14)12-24-2/h3-4,6-7,16H,5,8-12H2,1-2H3,(H,19,23)/t16-/m1/s1. The number of hydrogen-bond acceptors (Lipinski definition) is 6. The van der Waals surface area contributed by atoms with Gasteiger partial charge in [-0.05, 0) is 30.5 Å². The molecule has 1 atom stereocenters. The van der Waals surface area contributed by atoms with Crippen molar-refractivity contribution in [1.82, 2.24) is 20.4 Å². The molecule has 7 heteroatoms. The number of methoxy groups -OCH3 is 1.